The van der Waals surface area contributed by atoms with Crippen LogP contribution < -0.4 is 10.4 Å². The second-order valence-electron chi connectivity index (χ2n) is 9.11. The van der Waals surface area contributed by atoms with Crippen LogP contribution in [0.1, 0.15) is 33.6 Å². The second-order valence-corrected chi connectivity index (χ2v) is 9.11. The summed E-state index contributed by atoms with van der Waals surface area (Å²) in [6.45, 7) is 11.4. The minimum Gasteiger partial charge on any atom is -0.493 e. The molecule has 4 heteroatoms. The van der Waals surface area contributed by atoms with Crippen molar-refractivity contribution < 1.29 is 14.3 Å². The summed E-state index contributed by atoms with van der Waals surface area (Å²) < 4.78 is 11.4. The Kier molecular flexibility index (Phi) is 4.50. The van der Waals surface area contributed by atoms with Crippen LogP contribution in [0.5, 0.6) is 5.75 Å². The molecule has 148 valence electrons. The third kappa shape index (κ3) is 3.00. The molecule has 0 aliphatic heterocycles. The summed E-state index contributed by atoms with van der Waals surface area (Å²) >= 11 is 0. The van der Waals surface area contributed by atoms with Gasteiger partial charge in [0.25, 0.3) is 0 Å². The molecule has 1 aromatic heterocycles. The molecule has 0 radical (unpaired) electrons. The Hall–Kier alpha value is -2.33. The zero-order valence-corrected chi connectivity index (χ0v) is 16.8. The molecular formula is C24H28O4. The first-order valence-corrected chi connectivity index (χ1v) is 9.93. The Morgan fingerprint density at radius 1 is 1.25 bits per heavy atom. The third-order valence-electron chi connectivity index (χ3n) is 7.08. The fourth-order valence-electron chi connectivity index (χ4n) is 5.26. The van der Waals surface area contributed by atoms with Crippen LogP contribution in [0, 0.1) is 22.7 Å². The van der Waals surface area contributed by atoms with E-state index in [1.54, 1.807) is 12.1 Å². The van der Waals surface area contributed by atoms with Gasteiger partial charge in [-0.2, -0.15) is 0 Å². The largest absolute Gasteiger partial charge is 0.493 e. The van der Waals surface area contributed by atoms with Crippen molar-refractivity contribution in [3.63, 3.8) is 0 Å². The van der Waals surface area contributed by atoms with Crippen LogP contribution in [-0.4, -0.2) is 17.8 Å². The molecule has 1 aromatic carbocycles. The molecule has 2 aliphatic carbocycles. The minimum atomic E-state index is -0.367. The van der Waals surface area contributed by atoms with E-state index >= 15 is 0 Å². The number of aliphatic hydroxyl groups is 1. The highest BCUT2D eigenvalue weighted by Gasteiger charge is 2.54. The molecule has 4 atom stereocenters. The normalized spacial score (nSPS) is 31.6. The molecular weight excluding hydrogens is 352 g/mol. The lowest BCUT2D eigenvalue weighted by Crippen LogP contribution is -2.54. The van der Waals surface area contributed by atoms with Crippen molar-refractivity contribution in [3.8, 4) is 5.75 Å². The van der Waals surface area contributed by atoms with Gasteiger partial charge in [0.2, 0.25) is 0 Å². The summed E-state index contributed by atoms with van der Waals surface area (Å²) in [5.41, 5.74) is 1.03. The van der Waals surface area contributed by atoms with Gasteiger partial charge in [0.15, 0.2) is 0 Å². The van der Waals surface area contributed by atoms with E-state index < -0.39 is 0 Å². The lowest BCUT2D eigenvalue weighted by atomic mass is 9.49. The molecule has 0 unspecified atom stereocenters. The van der Waals surface area contributed by atoms with E-state index in [1.807, 2.05) is 12.1 Å². The number of rotatable bonds is 3. The molecule has 1 N–H and O–H groups in total. The fourth-order valence-corrected chi connectivity index (χ4v) is 5.26. The Balaban J connectivity index is 1.60. The minimum absolute atomic E-state index is 0.0159. The molecule has 0 spiro atoms. The molecule has 0 bridgehead atoms. The van der Waals surface area contributed by atoms with Gasteiger partial charge < -0.3 is 14.3 Å². The average Bonchev–Trinajstić information content (AvgIpc) is 2.64. The van der Waals surface area contributed by atoms with Crippen molar-refractivity contribution in [3.05, 3.63) is 65.1 Å². The molecule has 4 rings (SSSR count). The molecule has 0 saturated heterocycles. The number of hydrogen-bond acceptors (Lipinski definition) is 4. The topological polar surface area (TPSA) is 59.7 Å². The third-order valence-corrected chi connectivity index (χ3v) is 7.08. The van der Waals surface area contributed by atoms with Crippen LogP contribution in [0.25, 0.3) is 11.0 Å². The lowest BCUT2D eigenvalue weighted by molar-refractivity contribution is -0.0982. The molecule has 1 saturated carbocycles. The average molecular weight is 380 g/mol. The number of fused-ring (bicyclic) bond motifs is 2. The van der Waals surface area contributed by atoms with Crippen LogP contribution in [0.4, 0.5) is 0 Å². The summed E-state index contributed by atoms with van der Waals surface area (Å²) in [4.78, 5) is 11.5. The van der Waals surface area contributed by atoms with Crippen LogP contribution in [-0.2, 0) is 0 Å². The molecule has 1 fully saturated rings. The van der Waals surface area contributed by atoms with Crippen LogP contribution in [0.3, 0.4) is 0 Å². The van der Waals surface area contributed by atoms with Crippen LogP contribution in [0.15, 0.2) is 63.8 Å². The zero-order chi connectivity index (χ0) is 20.1. The summed E-state index contributed by atoms with van der Waals surface area (Å²) in [6.07, 6.45) is 5.75. The molecule has 2 aromatic rings. The molecule has 4 nitrogen and oxygen atoms in total. The number of hydrogen-bond donors (Lipinski definition) is 1. The van der Waals surface area contributed by atoms with E-state index in [4.69, 9.17) is 9.15 Å². The van der Waals surface area contributed by atoms with Gasteiger partial charge in [-0.3, -0.25) is 0 Å². The SMILES string of the molecule is C=C1C=C[C@@H]2C(C)(C)[C@H](O)CC[C@@]2(C)[C@@H]1COc1ccc2ccc(=O)oc2c1. The van der Waals surface area contributed by atoms with Gasteiger partial charge in [-0.05, 0) is 53.4 Å². The Labute approximate surface area is 165 Å². The van der Waals surface area contributed by atoms with E-state index in [0.29, 0.717) is 17.9 Å². The number of benzene rings is 1. The second kappa shape index (κ2) is 6.63. The first kappa shape index (κ1) is 19.0. The van der Waals surface area contributed by atoms with Gasteiger partial charge in [-0.1, -0.05) is 39.5 Å². The van der Waals surface area contributed by atoms with Gasteiger partial charge in [0.1, 0.15) is 11.3 Å². The highest BCUT2D eigenvalue weighted by molar-refractivity contribution is 5.77. The van der Waals surface area contributed by atoms with E-state index in [9.17, 15) is 9.90 Å². The number of allylic oxidation sites excluding steroid dienone is 2. The van der Waals surface area contributed by atoms with Crippen molar-refractivity contribution in [2.45, 2.75) is 39.7 Å². The molecule has 1 heterocycles. The van der Waals surface area contributed by atoms with Crippen molar-refractivity contribution in [2.24, 2.45) is 22.7 Å². The lowest BCUT2D eigenvalue weighted by Gasteiger charge is -2.57. The zero-order valence-electron chi connectivity index (χ0n) is 16.8. The van der Waals surface area contributed by atoms with Gasteiger partial charge in [-0.15, -0.1) is 0 Å². The van der Waals surface area contributed by atoms with E-state index in [-0.39, 0.29) is 34.4 Å². The van der Waals surface area contributed by atoms with Crippen molar-refractivity contribution in [1.82, 2.24) is 0 Å². The van der Waals surface area contributed by atoms with Crippen molar-refractivity contribution in [2.75, 3.05) is 6.61 Å². The highest BCUT2D eigenvalue weighted by atomic mass is 16.5. The number of ether oxygens (including phenoxy) is 1. The molecule has 0 amide bonds. The van der Waals surface area contributed by atoms with Gasteiger partial charge in [0.05, 0.1) is 12.7 Å². The highest BCUT2D eigenvalue weighted by Crippen LogP contribution is 2.58. The maximum atomic E-state index is 11.5. The smallest absolute Gasteiger partial charge is 0.336 e. The maximum absolute atomic E-state index is 11.5. The van der Waals surface area contributed by atoms with E-state index in [0.717, 1.165) is 23.8 Å². The first-order valence-electron chi connectivity index (χ1n) is 9.93. The van der Waals surface area contributed by atoms with Crippen LogP contribution >= 0.6 is 0 Å². The Morgan fingerprint density at radius 2 is 2.00 bits per heavy atom. The van der Waals surface area contributed by atoms with E-state index in [1.165, 1.54) is 6.07 Å². The predicted octanol–water partition coefficient (Wildman–Crippen LogP) is 4.72. The summed E-state index contributed by atoms with van der Waals surface area (Å²) in [6, 6.07) is 8.74. The van der Waals surface area contributed by atoms with Crippen molar-refractivity contribution >= 4 is 11.0 Å². The van der Waals surface area contributed by atoms with Gasteiger partial charge >= 0.3 is 5.63 Å². The molecule has 28 heavy (non-hydrogen) atoms. The fraction of sp³-hybridized carbons (Fsp3) is 0.458. The van der Waals surface area contributed by atoms with Gasteiger partial charge in [-0.25, -0.2) is 4.79 Å². The Bertz CT molecular complexity index is 999. The quantitative estimate of drug-likeness (QED) is 0.783. The molecule has 2 aliphatic rings. The van der Waals surface area contributed by atoms with E-state index in [2.05, 4.69) is 39.5 Å². The van der Waals surface area contributed by atoms with Gasteiger partial charge in [0, 0.05) is 23.4 Å². The summed E-state index contributed by atoms with van der Waals surface area (Å²) in [7, 11) is 0. The first-order chi connectivity index (χ1) is 13.2. The monoisotopic (exact) mass is 380 g/mol. The van der Waals surface area contributed by atoms with Crippen molar-refractivity contribution in [1.29, 1.82) is 0 Å². The van der Waals surface area contributed by atoms with Crippen LogP contribution in [0.2, 0.25) is 0 Å². The standard InChI is InChI=1S/C24H28O4/c1-15-5-9-20-23(2,3)21(25)11-12-24(20,4)18(15)14-27-17-8-6-16-7-10-22(26)28-19(16)13-17/h5-10,13,18,20-21,25H,1,11-12,14H2,2-4H3/t18-,20-,21-,24+/m1/s1. The summed E-state index contributed by atoms with van der Waals surface area (Å²) in [5.74, 6) is 1.10. The number of aliphatic hydroxyl groups excluding tert-OH is 1. The Morgan fingerprint density at radius 3 is 2.79 bits per heavy atom. The predicted molar refractivity (Wildman–Crippen MR) is 110 cm³/mol. The summed E-state index contributed by atoms with van der Waals surface area (Å²) in [5, 5.41) is 11.4. The maximum Gasteiger partial charge on any atom is 0.336 e.